The number of nitrogens with one attached hydrogen (secondary N) is 1. The minimum absolute atomic E-state index is 0.0139. The second kappa shape index (κ2) is 7.29. The summed E-state index contributed by atoms with van der Waals surface area (Å²) in [6.45, 7) is 0.544. The summed E-state index contributed by atoms with van der Waals surface area (Å²) in [4.78, 5) is 14.5. The fraction of sp³-hybridized carbons (Fsp3) is 0.588. The molecule has 0 bridgehead atoms. The Bertz CT molecular complexity index is 570. The van der Waals surface area contributed by atoms with Crippen LogP contribution in [0.5, 0.6) is 0 Å². The molecule has 2 N–H and O–H groups in total. The van der Waals surface area contributed by atoms with Crippen LogP contribution in [-0.2, 0) is 6.54 Å². The van der Waals surface area contributed by atoms with E-state index < -0.39 is 0 Å². The van der Waals surface area contributed by atoms with E-state index in [1.165, 1.54) is 0 Å². The summed E-state index contributed by atoms with van der Waals surface area (Å²) < 4.78 is 0. The molecule has 0 aromatic heterocycles. The molecule has 2 aliphatic rings. The number of carbonyl (C=O) groups is 1. The van der Waals surface area contributed by atoms with Crippen LogP contribution in [0.1, 0.15) is 44.1 Å². The minimum Gasteiger partial charge on any atom is -0.393 e. The quantitative estimate of drug-likeness (QED) is 0.857. The lowest BCUT2D eigenvalue weighted by molar-refractivity contribution is 0.114. The minimum atomic E-state index is -0.209. The van der Waals surface area contributed by atoms with E-state index in [9.17, 15) is 9.90 Å². The molecule has 0 atom stereocenters. The van der Waals surface area contributed by atoms with Crippen LogP contribution in [0.2, 0.25) is 10.0 Å². The highest BCUT2D eigenvalue weighted by atomic mass is 35.5. The standard InChI is InChI=1S/C17H22Cl2N2O2/c18-15-8-1-11(9-16(15)19)10-21(13-4-5-13)17(23)20-12-2-6-14(22)7-3-12/h1,8-9,12-14,22H,2-7,10H2,(H,20,23). The van der Waals surface area contributed by atoms with Gasteiger partial charge in [0.05, 0.1) is 16.1 Å². The summed E-state index contributed by atoms with van der Waals surface area (Å²) in [6, 6.07) is 5.97. The molecule has 0 saturated heterocycles. The van der Waals surface area contributed by atoms with Crippen molar-refractivity contribution in [2.75, 3.05) is 0 Å². The van der Waals surface area contributed by atoms with Crippen LogP contribution in [0.3, 0.4) is 0 Å². The fourth-order valence-corrected chi connectivity index (χ4v) is 3.39. The SMILES string of the molecule is O=C(NC1CCC(O)CC1)N(Cc1ccc(Cl)c(Cl)c1)C1CC1. The van der Waals surface area contributed by atoms with Crippen molar-refractivity contribution in [2.45, 2.75) is 63.3 Å². The molecule has 3 rings (SSSR count). The third-order valence-electron chi connectivity index (χ3n) is 4.61. The van der Waals surface area contributed by atoms with E-state index in [2.05, 4.69) is 5.32 Å². The number of rotatable bonds is 4. The van der Waals surface area contributed by atoms with Crippen molar-refractivity contribution in [3.05, 3.63) is 33.8 Å². The molecule has 0 aliphatic heterocycles. The molecule has 2 amide bonds. The highest BCUT2D eigenvalue weighted by Crippen LogP contribution is 2.30. The Hall–Kier alpha value is -0.970. The zero-order valence-electron chi connectivity index (χ0n) is 13.0. The molecule has 126 valence electrons. The molecule has 2 aliphatic carbocycles. The van der Waals surface area contributed by atoms with Gasteiger partial charge in [-0.15, -0.1) is 0 Å². The molecule has 0 heterocycles. The van der Waals surface area contributed by atoms with Gasteiger partial charge in [-0.1, -0.05) is 29.3 Å². The van der Waals surface area contributed by atoms with E-state index in [0.717, 1.165) is 44.1 Å². The fourth-order valence-electron chi connectivity index (χ4n) is 3.07. The smallest absolute Gasteiger partial charge is 0.318 e. The second-order valence-electron chi connectivity index (χ2n) is 6.56. The third kappa shape index (κ3) is 4.52. The summed E-state index contributed by atoms with van der Waals surface area (Å²) in [5, 5.41) is 13.7. The summed E-state index contributed by atoms with van der Waals surface area (Å²) in [6.07, 6.45) is 5.12. The second-order valence-corrected chi connectivity index (χ2v) is 7.38. The molecule has 2 saturated carbocycles. The van der Waals surface area contributed by atoms with Crippen molar-refractivity contribution in [1.29, 1.82) is 0 Å². The number of aliphatic hydroxyl groups excluding tert-OH is 1. The zero-order chi connectivity index (χ0) is 16.4. The number of nitrogens with zero attached hydrogens (tertiary/aromatic N) is 1. The van der Waals surface area contributed by atoms with Gasteiger partial charge in [0, 0.05) is 18.6 Å². The predicted octanol–water partition coefficient (Wildman–Crippen LogP) is 3.97. The van der Waals surface area contributed by atoms with Crippen molar-refractivity contribution in [3.8, 4) is 0 Å². The maximum atomic E-state index is 12.6. The van der Waals surface area contributed by atoms with Crippen LogP contribution >= 0.6 is 23.2 Å². The molecule has 6 heteroatoms. The molecule has 1 aromatic carbocycles. The Morgan fingerprint density at radius 3 is 2.43 bits per heavy atom. The van der Waals surface area contributed by atoms with Gasteiger partial charge in [-0.25, -0.2) is 4.79 Å². The van der Waals surface area contributed by atoms with Crippen LogP contribution in [0.25, 0.3) is 0 Å². The first kappa shape index (κ1) is 16.9. The number of hydrogen-bond acceptors (Lipinski definition) is 2. The van der Waals surface area contributed by atoms with E-state index in [1.54, 1.807) is 6.07 Å². The van der Waals surface area contributed by atoms with Gasteiger partial charge in [-0.05, 0) is 56.2 Å². The van der Waals surface area contributed by atoms with E-state index in [4.69, 9.17) is 23.2 Å². The van der Waals surface area contributed by atoms with Gasteiger partial charge in [0.2, 0.25) is 0 Å². The first-order chi connectivity index (χ1) is 11.0. The Balaban J connectivity index is 1.61. The zero-order valence-corrected chi connectivity index (χ0v) is 14.5. The van der Waals surface area contributed by atoms with Gasteiger partial charge in [0.1, 0.15) is 0 Å². The first-order valence-electron chi connectivity index (χ1n) is 8.22. The van der Waals surface area contributed by atoms with Crippen LogP contribution < -0.4 is 5.32 Å². The highest BCUT2D eigenvalue weighted by Gasteiger charge is 2.34. The molecule has 1 aromatic rings. The number of carbonyl (C=O) groups excluding carboxylic acids is 1. The maximum absolute atomic E-state index is 12.6. The predicted molar refractivity (Wildman–Crippen MR) is 91.8 cm³/mol. The van der Waals surface area contributed by atoms with E-state index in [0.29, 0.717) is 22.6 Å². The largest absolute Gasteiger partial charge is 0.393 e. The van der Waals surface area contributed by atoms with Gasteiger partial charge in [0.25, 0.3) is 0 Å². The van der Waals surface area contributed by atoms with Crippen molar-refractivity contribution >= 4 is 29.2 Å². The van der Waals surface area contributed by atoms with Crippen molar-refractivity contribution < 1.29 is 9.90 Å². The first-order valence-corrected chi connectivity index (χ1v) is 8.97. The number of benzene rings is 1. The number of hydrogen-bond donors (Lipinski definition) is 2. The van der Waals surface area contributed by atoms with E-state index >= 15 is 0 Å². The molecule has 4 nitrogen and oxygen atoms in total. The van der Waals surface area contributed by atoms with Crippen molar-refractivity contribution in [1.82, 2.24) is 10.2 Å². The number of halogens is 2. The number of amides is 2. The van der Waals surface area contributed by atoms with Gasteiger partial charge >= 0.3 is 6.03 Å². The lowest BCUT2D eigenvalue weighted by atomic mass is 9.93. The van der Waals surface area contributed by atoms with Crippen molar-refractivity contribution in [2.24, 2.45) is 0 Å². The van der Waals surface area contributed by atoms with Crippen molar-refractivity contribution in [3.63, 3.8) is 0 Å². The van der Waals surface area contributed by atoms with Crippen LogP contribution in [-0.4, -0.2) is 34.2 Å². The Morgan fingerprint density at radius 1 is 1.13 bits per heavy atom. The molecule has 23 heavy (non-hydrogen) atoms. The van der Waals surface area contributed by atoms with Gasteiger partial charge in [0.15, 0.2) is 0 Å². The molecular weight excluding hydrogens is 335 g/mol. The maximum Gasteiger partial charge on any atom is 0.318 e. The average molecular weight is 357 g/mol. The monoisotopic (exact) mass is 356 g/mol. The molecular formula is C17H22Cl2N2O2. The number of aliphatic hydroxyl groups is 1. The van der Waals surface area contributed by atoms with Crippen LogP contribution in [0, 0.1) is 0 Å². The van der Waals surface area contributed by atoms with E-state index in [1.807, 2.05) is 17.0 Å². The summed E-state index contributed by atoms with van der Waals surface area (Å²) in [5.74, 6) is 0. The average Bonchev–Trinajstić information content (AvgIpc) is 3.35. The topological polar surface area (TPSA) is 52.6 Å². The molecule has 0 radical (unpaired) electrons. The van der Waals surface area contributed by atoms with Gasteiger partial charge in [-0.2, -0.15) is 0 Å². The molecule has 0 unspecified atom stereocenters. The summed E-state index contributed by atoms with van der Waals surface area (Å²) in [7, 11) is 0. The number of urea groups is 1. The Kier molecular flexibility index (Phi) is 5.34. The van der Waals surface area contributed by atoms with Crippen LogP contribution in [0.4, 0.5) is 4.79 Å². The van der Waals surface area contributed by atoms with E-state index in [-0.39, 0.29) is 18.2 Å². The normalized spacial score (nSPS) is 24.3. The highest BCUT2D eigenvalue weighted by molar-refractivity contribution is 6.42. The van der Waals surface area contributed by atoms with Crippen LogP contribution in [0.15, 0.2) is 18.2 Å². The van der Waals surface area contributed by atoms with Gasteiger partial charge in [-0.3, -0.25) is 0 Å². The third-order valence-corrected chi connectivity index (χ3v) is 5.35. The Labute approximate surface area is 146 Å². The van der Waals surface area contributed by atoms with Gasteiger partial charge < -0.3 is 15.3 Å². The lowest BCUT2D eigenvalue weighted by Crippen LogP contribution is -2.47. The lowest BCUT2D eigenvalue weighted by Gasteiger charge is -2.30. The summed E-state index contributed by atoms with van der Waals surface area (Å²) in [5.41, 5.74) is 0.987. The Morgan fingerprint density at radius 2 is 1.83 bits per heavy atom. The molecule has 0 spiro atoms. The summed E-state index contributed by atoms with van der Waals surface area (Å²) >= 11 is 12.0. The molecule has 2 fully saturated rings.